The number of amides is 1. The average Bonchev–Trinajstić information content (AvgIpc) is 2.83. The molecule has 1 aromatic rings. The van der Waals surface area contributed by atoms with Crippen LogP contribution in [-0.4, -0.2) is 36.6 Å². The third kappa shape index (κ3) is 5.60. The van der Waals surface area contributed by atoms with Gasteiger partial charge in [-0.1, -0.05) is 48.8 Å². The maximum absolute atomic E-state index is 10.7. The van der Waals surface area contributed by atoms with Gasteiger partial charge in [0.1, 0.15) is 6.61 Å². The Hall–Kier alpha value is -1.28. The van der Waals surface area contributed by atoms with E-state index >= 15 is 0 Å². The van der Waals surface area contributed by atoms with Crippen molar-refractivity contribution in [2.45, 2.75) is 38.4 Å². The summed E-state index contributed by atoms with van der Waals surface area (Å²) in [5.74, 6) is -0.511. The molecule has 3 N–H and O–H groups in total. The first-order valence-corrected chi connectivity index (χ1v) is 10.2. The molecule has 1 unspecified atom stereocenters. The van der Waals surface area contributed by atoms with Gasteiger partial charge in [-0.2, -0.15) is 0 Å². The fourth-order valence-electron chi connectivity index (χ4n) is 2.85. The lowest BCUT2D eigenvalue weighted by molar-refractivity contribution is -0.137. The molecule has 1 aromatic carbocycles. The van der Waals surface area contributed by atoms with E-state index in [9.17, 15) is 4.79 Å². The Bertz CT molecular complexity index is 710. The molecule has 0 aliphatic carbocycles. The van der Waals surface area contributed by atoms with E-state index in [-0.39, 0.29) is 19.1 Å². The lowest BCUT2D eigenvalue weighted by atomic mass is 10.1. The number of halogens is 2. The van der Waals surface area contributed by atoms with Crippen molar-refractivity contribution in [2.75, 3.05) is 19.8 Å². The Morgan fingerprint density at radius 1 is 1.30 bits per heavy atom. The second-order valence-electron chi connectivity index (χ2n) is 6.45. The summed E-state index contributed by atoms with van der Waals surface area (Å²) >= 11 is 13.9. The Kier molecular flexibility index (Phi) is 7.56. The lowest BCUT2D eigenvalue weighted by Crippen LogP contribution is -2.53. The molecule has 0 bridgehead atoms. The molecule has 0 aromatic heterocycles. The monoisotopic (exact) mass is 433 g/mol. The summed E-state index contributed by atoms with van der Waals surface area (Å²) in [6.07, 6.45) is -0.814. The minimum Gasteiger partial charge on any atom is -0.447 e. The van der Waals surface area contributed by atoms with Crippen molar-refractivity contribution in [3.8, 4) is 0 Å². The van der Waals surface area contributed by atoms with Crippen molar-refractivity contribution >= 4 is 41.1 Å². The Labute approximate surface area is 174 Å². The van der Waals surface area contributed by atoms with Crippen molar-refractivity contribution in [2.24, 2.45) is 11.7 Å². The van der Waals surface area contributed by atoms with Crippen LogP contribution in [0.3, 0.4) is 0 Å². The Morgan fingerprint density at radius 2 is 1.93 bits per heavy atom. The van der Waals surface area contributed by atoms with Gasteiger partial charge in [-0.25, -0.2) is 4.79 Å². The molecule has 0 spiro atoms. The maximum Gasteiger partial charge on any atom is 0.404 e. The van der Waals surface area contributed by atoms with E-state index in [2.05, 4.69) is 31.0 Å². The smallest absolute Gasteiger partial charge is 0.404 e. The van der Waals surface area contributed by atoms with Gasteiger partial charge in [0.2, 0.25) is 5.85 Å². The normalized spacial score (nSPS) is 19.6. The topological polar surface area (TPSA) is 76.8 Å². The van der Waals surface area contributed by atoms with Gasteiger partial charge in [0.25, 0.3) is 0 Å². The second kappa shape index (κ2) is 9.28. The SMILES string of the molecule is CCN1C(Sc2cc(Cl)cc(Cl)c2)=C(C(C)C)NC1(C)OCCOC(N)=O. The van der Waals surface area contributed by atoms with Crippen LogP contribution in [0.5, 0.6) is 0 Å². The summed E-state index contributed by atoms with van der Waals surface area (Å²) < 4.78 is 10.8. The zero-order valence-corrected chi connectivity index (χ0v) is 18.2. The predicted octanol–water partition coefficient (Wildman–Crippen LogP) is 4.62. The summed E-state index contributed by atoms with van der Waals surface area (Å²) in [5.41, 5.74) is 6.06. The van der Waals surface area contributed by atoms with Crippen LogP contribution in [0, 0.1) is 5.92 Å². The zero-order chi connectivity index (χ0) is 20.2. The molecule has 150 valence electrons. The molecular weight excluding hydrogens is 409 g/mol. The number of allylic oxidation sites excluding steroid dienone is 1. The number of carbonyl (C=O) groups excluding carboxylic acids is 1. The van der Waals surface area contributed by atoms with Crippen molar-refractivity contribution in [3.63, 3.8) is 0 Å². The number of nitrogens with zero attached hydrogens (tertiary/aromatic N) is 1. The number of rotatable bonds is 8. The summed E-state index contributed by atoms with van der Waals surface area (Å²) in [4.78, 5) is 13.8. The van der Waals surface area contributed by atoms with Gasteiger partial charge >= 0.3 is 6.09 Å². The molecule has 1 aliphatic heterocycles. The number of ether oxygens (including phenoxy) is 2. The van der Waals surface area contributed by atoms with Crippen LogP contribution in [0.15, 0.2) is 33.8 Å². The van der Waals surface area contributed by atoms with Gasteiger partial charge in [-0.05, 0) is 31.0 Å². The average molecular weight is 434 g/mol. The van der Waals surface area contributed by atoms with E-state index in [4.69, 9.17) is 38.4 Å². The maximum atomic E-state index is 10.7. The van der Waals surface area contributed by atoms with Crippen LogP contribution in [0.4, 0.5) is 4.79 Å². The van der Waals surface area contributed by atoms with Crippen LogP contribution < -0.4 is 11.1 Å². The van der Waals surface area contributed by atoms with E-state index < -0.39 is 11.9 Å². The second-order valence-corrected chi connectivity index (χ2v) is 8.38. The third-order valence-corrected chi connectivity index (χ3v) is 5.55. The molecule has 6 nitrogen and oxygen atoms in total. The van der Waals surface area contributed by atoms with Crippen molar-refractivity contribution in [1.29, 1.82) is 0 Å². The summed E-state index contributed by atoms with van der Waals surface area (Å²) in [6.45, 7) is 9.25. The molecule has 1 aliphatic rings. The van der Waals surface area contributed by atoms with Crippen LogP contribution in [0.25, 0.3) is 0 Å². The summed E-state index contributed by atoms with van der Waals surface area (Å²) in [5, 5.41) is 5.71. The van der Waals surface area contributed by atoms with Gasteiger partial charge in [-0.3, -0.25) is 0 Å². The molecule has 1 amide bonds. The number of carbonyl (C=O) groups is 1. The number of hydrogen-bond acceptors (Lipinski definition) is 6. The number of hydrogen-bond donors (Lipinski definition) is 2. The van der Waals surface area contributed by atoms with E-state index in [1.807, 2.05) is 19.1 Å². The van der Waals surface area contributed by atoms with Gasteiger partial charge in [0, 0.05) is 34.1 Å². The largest absolute Gasteiger partial charge is 0.447 e. The van der Waals surface area contributed by atoms with Crippen LogP contribution in [-0.2, 0) is 9.47 Å². The van der Waals surface area contributed by atoms with Gasteiger partial charge in [0.15, 0.2) is 0 Å². The highest BCUT2D eigenvalue weighted by Crippen LogP contribution is 2.42. The first kappa shape index (κ1) is 22.0. The third-order valence-electron chi connectivity index (χ3n) is 4.01. The zero-order valence-electron chi connectivity index (χ0n) is 15.8. The molecular formula is C18H25Cl2N3O3S. The Morgan fingerprint density at radius 3 is 2.44 bits per heavy atom. The van der Waals surface area contributed by atoms with Gasteiger partial charge < -0.3 is 25.4 Å². The highest BCUT2D eigenvalue weighted by Gasteiger charge is 2.42. The van der Waals surface area contributed by atoms with Crippen molar-refractivity contribution < 1.29 is 14.3 Å². The number of benzene rings is 1. The van der Waals surface area contributed by atoms with Crippen LogP contribution in [0.1, 0.15) is 27.7 Å². The molecule has 0 saturated carbocycles. The highest BCUT2D eigenvalue weighted by molar-refractivity contribution is 8.03. The first-order valence-electron chi connectivity index (χ1n) is 8.66. The minimum absolute atomic E-state index is 0.0908. The van der Waals surface area contributed by atoms with Gasteiger partial charge in [0.05, 0.1) is 11.6 Å². The fraction of sp³-hybridized carbons (Fsp3) is 0.500. The number of thioether (sulfide) groups is 1. The molecule has 27 heavy (non-hydrogen) atoms. The van der Waals surface area contributed by atoms with Gasteiger partial charge in [-0.15, -0.1) is 0 Å². The Balaban J connectivity index is 2.23. The minimum atomic E-state index is -0.814. The molecule has 2 rings (SSSR count). The van der Waals surface area contributed by atoms with Crippen molar-refractivity contribution in [1.82, 2.24) is 10.2 Å². The predicted molar refractivity (Wildman–Crippen MR) is 110 cm³/mol. The van der Waals surface area contributed by atoms with E-state index in [1.54, 1.807) is 17.8 Å². The molecule has 1 atom stereocenters. The van der Waals surface area contributed by atoms with E-state index in [1.165, 1.54) is 0 Å². The number of primary amides is 1. The quantitative estimate of drug-likeness (QED) is 0.582. The summed E-state index contributed by atoms with van der Waals surface area (Å²) in [7, 11) is 0. The van der Waals surface area contributed by atoms with Crippen LogP contribution in [0.2, 0.25) is 10.0 Å². The summed E-state index contributed by atoms with van der Waals surface area (Å²) in [6, 6.07) is 5.48. The molecule has 9 heteroatoms. The lowest BCUT2D eigenvalue weighted by Gasteiger charge is -2.37. The standard InChI is InChI=1S/C18H25Cl2N3O3S/c1-5-23-16(27-14-9-12(19)8-13(20)10-14)15(11(2)3)22-18(23,4)26-7-6-25-17(21)24/h8-11,22H,5-7H2,1-4H3,(H2,21,24). The van der Waals surface area contributed by atoms with Crippen molar-refractivity contribution in [3.05, 3.63) is 39.0 Å². The number of nitrogens with one attached hydrogen (secondary N) is 1. The van der Waals surface area contributed by atoms with E-state index in [0.29, 0.717) is 16.6 Å². The van der Waals surface area contributed by atoms with E-state index in [0.717, 1.165) is 15.6 Å². The molecule has 0 saturated heterocycles. The highest BCUT2D eigenvalue weighted by atomic mass is 35.5. The first-order chi connectivity index (χ1) is 12.7. The molecule has 1 heterocycles. The number of nitrogens with two attached hydrogens (primary N) is 1. The fourth-order valence-corrected chi connectivity index (χ4v) is 4.91. The van der Waals surface area contributed by atoms with Crippen LogP contribution >= 0.6 is 35.0 Å². The molecule has 0 radical (unpaired) electrons. The molecule has 0 fully saturated rings.